The standard InChI is InChI=1S/C17H14N2O6S/c1-11-3-5-14(6-4-11)26(23,24)15(10-18)8-12-7-13(19(21)22)9-16(25-2)17(12)20/h3-9,20H,1-2H3. The van der Waals surface area contributed by atoms with Gasteiger partial charge in [0.1, 0.15) is 11.0 Å². The fraction of sp³-hybridized carbons (Fsp3) is 0.118. The predicted octanol–water partition coefficient (Wildman–Crippen LogP) is 2.96. The zero-order chi connectivity index (χ0) is 19.5. The Morgan fingerprint density at radius 3 is 2.42 bits per heavy atom. The van der Waals surface area contributed by atoms with Crippen LogP contribution in [0.3, 0.4) is 0 Å². The minimum absolute atomic E-state index is 0.104. The molecule has 0 aliphatic heterocycles. The summed E-state index contributed by atoms with van der Waals surface area (Å²) in [6, 6.07) is 9.38. The molecule has 0 amide bonds. The lowest BCUT2D eigenvalue weighted by atomic mass is 10.1. The first-order valence-electron chi connectivity index (χ1n) is 7.19. The molecule has 0 aromatic heterocycles. The van der Waals surface area contributed by atoms with Crippen LogP contribution in [0.25, 0.3) is 6.08 Å². The molecule has 0 aliphatic carbocycles. The summed E-state index contributed by atoms with van der Waals surface area (Å²) < 4.78 is 30.1. The number of nitro benzene ring substituents is 1. The van der Waals surface area contributed by atoms with Crippen LogP contribution < -0.4 is 4.74 Å². The summed E-state index contributed by atoms with van der Waals surface area (Å²) in [6.07, 6.45) is 0.875. The van der Waals surface area contributed by atoms with Crippen molar-refractivity contribution in [3.05, 3.63) is 62.5 Å². The van der Waals surface area contributed by atoms with Gasteiger partial charge in [-0.25, -0.2) is 8.42 Å². The summed E-state index contributed by atoms with van der Waals surface area (Å²) in [7, 11) is -2.96. The van der Waals surface area contributed by atoms with Gasteiger partial charge in [0.2, 0.25) is 9.84 Å². The number of hydrogen-bond donors (Lipinski definition) is 1. The third-order valence-corrected chi connectivity index (χ3v) is 5.22. The zero-order valence-corrected chi connectivity index (χ0v) is 14.6. The Kier molecular flexibility index (Phi) is 5.28. The highest BCUT2D eigenvalue weighted by molar-refractivity contribution is 7.95. The third kappa shape index (κ3) is 3.65. The van der Waals surface area contributed by atoms with Gasteiger partial charge >= 0.3 is 0 Å². The summed E-state index contributed by atoms with van der Waals surface area (Å²) in [5.74, 6) is -0.722. The van der Waals surface area contributed by atoms with E-state index in [1.165, 1.54) is 19.2 Å². The average molecular weight is 374 g/mol. The number of nitrogens with zero attached hydrogens (tertiary/aromatic N) is 2. The Balaban J connectivity index is 2.66. The summed E-state index contributed by atoms with van der Waals surface area (Å²) >= 11 is 0. The average Bonchev–Trinajstić information content (AvgIpc) is 2.60. The molecule has 2 rings (SSSR count). The molecule has 0 spiro atoms. The van der Waals surface area contributed by atoms with Gasteiger partial charge < -0.3 is 9.84 Å². The Morgan fingerprint density at radius 1 is 1.31 bits per heavy atom. The molecule has 2 aromatic rings. The van der Waals surface area contributed by atoms with Gasteiger partial charge in [-0.2, -0.15) is 5.26 Å². The van der Waals surface area contributed by atoms with Crippen molar-refractivity contribution in [1.82, 2.24) is 0 Å². The number of aromatic hydroxyl groups is 1. The summed E-state index contributed by atoms with van der Waals surface area (Å²) in [6.45, 7) is 1.78. The predicted molar refractivity (Wildman–Crippen MR) is 93.3 cm³/mol. The van der Waals surface area contributed by atoms with Gasteiger partial charge in [-0.1, -0.05) is 17.7 Å². The van der Waals surface area contributed by atoms with Gasteiger partial charge in [0.15, 0.2) is 11.5 Å². The molecule has 26 heavy (non-hydrogen) atoms. The largest absolute Gasteiger partial charge is 0.504 e. The molecule has 134 valence electrons. The smallest absolute Gasteiger partial charge is 0.274 e. The molecule has 0 radical (unpaired) electrons. The van der Waals surface area contributed by atoms with Crippen molar-refractivity contribution >= 4 is 21.6 Å². The second-order valence-electron chi connectivity index (χ2n) is 5.28. The number of methoxy groups -OCH3 is 1. The van der Waals surface area contributed by atoms with Crippen LogP contribution >= 0.6 is 0 Å². The van der Waals surface area contributed by atoms with Crippen molar-refractivity contribution in [1.29, 1.82) is 5.26 Å². The molecule has 0 bridgehead atoms. The number of nitro groups is 1. The quantitative estimate of drug-likeness (QED) is 0.483. The van der Waals surface area contributed by atoms with Crippen LogP contribution in [0.1, 0.15) is 11.1 Å². The number of sulfone groups is 1. The number of phenols is 1. The van der Waals surface area contributed by atoms with E-state index in [0.717, 1.165) is 23.8 Å². The van der Waals surface area contributed by atoms with E-state index in [9.17, 15) is 28.9 Å². The van der Waals surface area contributed by atoms with Crippen LogP contribution in [-0.4, -0.2) is 25.6 Å². The fourth-order valence-electron chi connectivity index (χ4n) is 2.14. The minimum Gasteiger partial charge on any atom is -0.504 e. The van der Waals surface area contributed by atoms with E-state index >= 15 is 0 Å². The molecule has 1 N–H and O–H groups in total. The summed E-state index contributed by atoms with van der Waals surface area (Å²) in [5, 5.41) is 30.4. The van der Waals surface area contributed by atoms with Gasteiger partial charge in [-0.3, -0.25) is 10.1 Å². The molecule has 8 nitrogen and oxygen atoms in total. The third-order valence-electron chi connectivity index (χ3n) is 3.54. The monoisotopic (exact) mass is 374 g/mol. The van der Waals surface area contributed by atoms with Crippen LogP contribution in [0.15, 0.2) is 46.2 Å². The van der Waals surface area contributed by atoms with Gasteiger partial charge in [0.05, 0.1) is 23.0 Å². The highest BCUT2D eigenvalue weighted by Crippen LogP contribution is 2.36. The lowest BCUT2D eigenvalue weighted by molar-refractivity contribution is -0.385. The number of allylic oxidation sites excluding steroid dienone is 1. The lowest BCUT2D eigenvalue weighted by Gasteiger charge is -2.08. The maximum atomic E-state index is 12.6. The van der Waals surface area contributed by atoms with E-state index in [2.05, 4.69) is 0 Å². The topological polar surface area (TPSA) is 131 Å². The van der Waals surface area contributed by atoms with E-state index in [1.807, 2.05) is 0 Å². The van der Waals surface area contributed by atoms with Gasteiger partial charge in [-0.05, 0) is 25.1 Å². The van der Waals surface area contributed by atoms with Gasteiger partial charge in [0.25, 0.3) is 5.69 Å². The van der Waals surface area contributed by atoms with Crippen LogP contribution in [0, 0.1) is 28.4 Å². The van der Waals surface area contributed by atoms with Crippen LogP contribution in [0.4, 0.5) is 5.69 Å². The van der Waals surface area contributed by atoms with E-state index in [0.29, 0.717) is 0 Å². The van der Waals surface area contributed by atoms with Crippen molar-refractivity contribution in [3.63, 3.8) is 0 Å². The first-order chi connectivity index (χ1) is 12.2. The number of benzene rings is 2. The van der Waals surface area contributed by atoms with E-state index in [-0.39, 0.29) is 16.2 Å². The fourth-order valence-corrected chi connectivity index (χ4v) is 3.29. The zero-order valence-electron chi connectivity index (χ0n) is 13.8. The number of aryl methyl sites for hydroxylation is 1. The van der Waals surface area contributed by atoms with Crippen molar-refractivity contribution in [2.24, 2.45) is 0 Å². The van der Waals surface area contributed by atoms with E-state index in [1.54, 1.807) is 25.1 Å². The second-order valence-corrected chi connectivity index (χ2v) is 7.20. The molecule has 0 atom stereocenters. The lowest BCUT2D eigenvalue weighted by Crippen LogP contribution is -2.03. The van der Waals surface area contributed by atoms with Crippen LogP contribution in [0.2, 0.25) is 0 Å². The van der Waals surface area contributed by atoms with Crippen LogP contribution in [-0.2, 0) is 9.84 Å². The number of hydrogen-bond acceptors (Lipinski definition) is 7. The first-order valence-corrected chi connectivity index (χ1v) is 8.68. The Bertz CT molecular complexity index is 1030. The Morgan fingerprint density at radius 2 is 1.92 bits per heavy atom. The molecule has 0 fully saturated rings. The highest BCUT2D eigenvalue weighted by Gasteiger charge is 2.23. The first kappa shape index (κ1) is 19.0. The number of phenolic OH excluding ortho intramolecular Hbond substituents is 1. The van der Waals surface area contributed by atoms with Gasteiger partial charge in [0, 0.05) is 11.6 Å². The van der Waals surface area contributed by atoms with Crippen molar-refractivity contribution < 1.29 is 23.2 Å². The number of ether oxygens (including phenoxy) is 1. The minimum atomic E-state index is -4.16. The van der Waals surface area contributed by atoms with Crippen molar-refractivity contribution in [3.8, 4) is 17.6 Å². The highest BCUT2D eigenvalue weighted by atomic mass is 32.2. The van der Waals surface area contributed by atoms with Gasteiger partial charge in [-0.15, -0.1) is 0 Å². The molecule has 0 saturated carbocycles. The molecule has 0 saturated heterocycles. The molecular formula is C17H14N2O6S. The molecular weight excluding hydrogens is 360 g/mol. The van der Waals surface area contributed by atoms with E-state index in [4.69, 9.17) is 4.74 Å². The maximum Gasteiger partial charge on any atom is 0.274 e. The molecule has 2 aromatic carbocycles. The normalized spacial score (nSPS) is 11.7. The van der Waals surface area contributed by atoms with Crippen molar-refractivity contribution in [2.75, 3.05) is 7.11 Å². The molecule has 0 unspecified atom stereocenters. The maximum absolute atomic E-state index is 12.6. The Labute approximate surface area is 149 Å². The second kappa shape index (κ2) is 7.25. The number of non-ortho nitro benzene ring substituents is 1. The number of nitriles is 1. The Hall–Kier alpha value is -3.38. The van der Waals surface area contributed by atoms with Crippen LogP contribution in [0.5, 0.6) is 11.5 Å². The van der Waals surface area contributed by atoms with Crippen molar-refractivity contribution in [2.45, 2.75) is 11.8 Å². The summed E-state index contributed by atoms with van der Waals surface area (Å²) in [5.41, 5.74) is 0.201. The summed E-state index contributed by atoms with van der Waals surface area (Å²) in [4.78, 5) is 9.51. The van der Waals surface area contributed by atoms with E-state index < -0.39 is 31.1 Å². The molecule has 9 heteroatoms. The molecule has 0 heterocycles. The molecule has 0 aliphatic rings. The SMILES string of the molecule is COc1cc([N+](=O)[O-])cc(C=C(C#N)S(=O)(=O)c2ccc(C)cc2)c1O. The number of rotatable bonds is 5.